The van der Waals surface area contributed by atoms with Crippen LogP contribution in [0.5, 0.6) is 5.75 Å². The summed E-state index contributed by atoms with van der Waals surface area (Å²) in [7, 11) is 0. The van der Waals surface area contributed by atoms with Crippen LogP contribution in [0.15, 0.2) is 54.6 Å². The third kappa shape index (κ3) is 6.75. The van der Waals surface area contributed by atoms with Crippen molar-refractivity contribution in [3.8, 4) is 28.0 Å². The summed E-state index contributed by atoms with van der Waals surface area (Å²) in [6, 6.07) is 15.1. The molecule has 0 aromatic heterocycles. The lowest BCUT2D eigenvalue weighted by atomic mass is 9.89. The molecule has 1 aliphatic heterocycles. The Morgan fingerprint density at radius 1 is 0.784 bits per heavy atom. The Labute approximate surface area is 218 Å². The summed E-state index contributed by atoms with van der Waals surface area (Å²) in [5.41, 5.74) is 2.78. The quantitative estimate of drug-likeness (QED) is 0.239. The van der Waals surface area contributed by atoms with Gasteiger partial charge in [0.2, 0.25) is 5.82 Å². The molecule has 37 heavy (non-hydrogen) atoms. The van der Waals surface area contributed by atoms with Gasteiger partial charge in [0.05, 0.1) is 19.3 Å². The zero-order chi connectivity index (χ0) is 26.2. The van der Waals surface area contributed by atoms with E-state index in [4.69, 9.17) is 9.47 Å². The lowest BCUT2D eigenvalue weighted by Gasteiger charge is -2.29. The van der Waals surface area contributed by atoms with E-state index in [-0.39, 0.29) is 29.7 Å². The molecule has 2 unspecified atom stereocenters. The summed E-state index contributed by atoms with van der Waals surface area (Å²) >= 11 is 0. The molecule has 0 bridgehead atoms. The Balaban J connectivity index is 1.38. The average Bonchev–Trinajstić information content (AvgIpc) is 2.92. The standard InChI is InChI=1S/C32H37F3O2/c1-3-5-6-7-8-9-26-16-14-25(21-37-26)24-15-17-27(29(33)20-24)22-10-12-23(13-11-22)28-18-19-30(36-4-2)32(35)31(28)34/h10-13,15,17-20,25-26H,3-9,14,16,21H2,1-2H3. The molecule has 1 fully saturated rings. The molecule has 1 heterocycles. The van der Waals surface area contributed by atoms with E-state index in [1.807, 2.05) is 6.07 Å². The van der Waals surface area contributed by atoms with Crippen molar-refractivity contribution in [3.05, 3.63) is 77.6 Å². The van der Waals surface area contributed by atoms with Crippen molar-refractivity contribution in [2.24, 2.45) is 0 Å². The van der Waals surface area contributed by atoms with E-state index in [2.05, 4.69) is 6.92 Å². The lowest BCUT2D eigenvalue weighted by Crippen LogP contribution is -2.24. The van der Waals surface area contributed by atoms with Crippen molar-refractivity contribution in [3.63, 3.8) is 0 Å². The molecule has 0 saturated carbocycles. The monoisotopic (exact) mass is 510 g/mol. The van der Waals surface area contributed by atoms with Crippen LogP contribution in [0.25, 0.3) is 22.3 Å². The van der Waals surface area contributed by atoms with Crippen molar-refractivity contribution in [1.82, 2.24) is 0 Å². The summed E-state index contributed by atoms with van der Waals surface area (Å²) in [5, 5.41) is 0. The SMILES string of the molecule is CCCCCCCC1CCC(c2ccc(-c3ccc(-c4ccc(OCC)c(F)c4F)cc3)c(F)c2)CO1. The second-order valence-corrected chi connectivity index (χ2v) is 9.92. The number of benzene rings is 3. The molecule has 2 nitrogen and oxygen atoms in total. The van der Waals surface area contributed by atoms with E-state index in [1.54, 1.807) is 43.3 Å². The van der Waals surface area contributed by atoms with E-state index in [9.17, 15) is 8.78 Å². The predicted octanol–water partition coefficient (Wildman–Crippen LogP) is 9.46. The molecule has 0 aliphatic carbocycles. The highest BCUT2D eigenvalue weighted by Crippen LogP contribution is 2.35. The highest BCUT2D eigenvalue weighted by molar-refractivity contribution is 5.71. The van der Waals surface area contributed by atoms with Crippen LogP contribution < -0.4 is 4.74 Å². The first-order valence-corrected chi connectivity index (χ1v) is 13.6. The summed E-state index contributed by atoms with van der Waals surface area (Å²) in [4.78, 5) is 0. The van der Waals surface area contributed by atoms with Gasteiger partial charge in [-0.25, -0.2) is 8.78 Å². The number of hydrogen-bond acceptors (Lipinski definition) is 2. The number of halogens is 3. The second kappa shape index (κ2) is 13.1. The summed E-state index contributed by atoms with van der Waals surface area (Å²) in [5.74, 6) is -2.15. The smallest absolute Gasteiger partial charge is 0.201 e. The highest BCUT2D eigenvalue weighted by atomic mass is 19.2. The van der Waals surface area contributed by atoms with E-state index in [0.29, 0.717) is 29.4 Å². The molecule has 1 saturated heterocycles. The molecule has 2 atom stereocenters. The summed E-state index contributed by atoms with van der Waals surface area (Å²) in [6.07, 6.45) is 9.84. The van der Waals surface area contributed by atoms with Crippen LogP contribution >= 0.6 is 0 Å². The van der Waals surface area contributed by atoms with Gasteiger partial charge in [0.25, 0.3) is 0 Å². The molecule has 5 heteroatoms. The van der Waals surface area contributed by atoms with E-state index in [1.165, 1.54) is 44.2 Å². The van der Waals surface area contributed by atoms with Crippen molar-refractivity contribution < 1.29 is 22.6 Å². The molecule has 1 aliphatic rings. The van der Waals surface area contributed by atoms with E-state index < -0.39 is 11.6 Å². The molecule has 0 N–H and O–H groups in total. The Kier molecular flexibility index (Phi) is 9.68. The maximum absolute atomic E-state index is 15.1. The Morgan fingerprint density at radius 2 is 1.49 bits per heavy atom. The number of hydrogen-bond donors (Lipinski definition) is 0. The second-order valence-electron chi connectivity index (χ2n) is 9.92. The van der Waals surface area contributed by atoms with Gasteiger partial charge in [0.15, 0.2) is 11.6 Å². The predicted molar refractivity (Wildman–Crippen MR) is 143 cm³/mol. The highest BCUT2D eigenvalue weighted by Gasteiger charge is 2.23. The fourth-order valence-corrected chi connectivity index (χ4v) is 5.14. The van der Waals surface area contributed by atoms with Crippen LogP contribution in [-0.2, 0) is 4.74 Å². The van der Waals surface area contributed by atoms with Gasteiger partial charge in [0, 0.05) is 17.0 Å². The molecule has 0 spiro atoms. The van der Waals surface area contributed by atoms with Crippen LogP contribution in [0, 0.1) is 17.5 Å². The molecule has 4 rings (SSSR count). The third-order valence-electron chi connectivity index (χ3n) is 7.32. The number of unbranched alkanes of at least 4 members (excludes halogenated alkanes) is 4. The van der Waals surface area contributed by atoms with Crippen molar-refractivity contribution >= 4 is 0 Å². The number of rotatable bonds is 11. The van der Waals surface area contributed by atoms with Gasteiger partial charge >= 0.3 is 0 Å². The average molecular weight is 511 g/mol. The van der Waals surface area contributed by atoms with Crippen molar-refractivity contribution in [2.45, 2.75) is 77.2 Å². The molecule has 198 valence electrons. The van der Waals surface area contributed by atoms with Gasteiger partial charge in [-0.05, 0) is 61.1 Å². The first kappa shape index (κ1) is 27.3. The zero-order valence-electron chi connectivity index (χ0n) is 21.9. The molecular formula is C32H37F3O2. The van der Waals surface area contributed by atoms with Gasteiger partial charge in [0.1, 0.15) is 5.82 Å². The first-order chi connectivity index (χ1) is 18.0. The molecule has 0 amide bonds. The fraction of sp³-hybridized carbons (Fsp3) is 0.438. The third-order valence-corrected chi connectivity index (χ3v) is 7.32. The van der Waals surface area contributed by atoms with Gasteiger partial charge in [-0.3, -0.25) is 0 Å². The minimum absolute atomic E-state index is 0.108. The Bertz CT molecular complexity index is 1150. The number of ether oxygens (including phenoxy) is 2. The molecule has 3 aromatic carbocycles. The Morgan fingerprint density at radius 3 is 2.14 bits per heavy atom. The van der Waals surface area contributed by atoms with Gasteiger partial charge in [-0.1, -0.05) is 75.4 Å². The van der Waals surface area contributed by atoms with Gasteiger partial charge in [-0.2, -0.15) is 4.39 Å². The lowest BCUT2D eigenvalue weighted by molar-refractivity contribution is -0.00217. The van der Waals surface area contributed by atoms with Gasteiger partial charge < -0.3 is 9.47 Å². The fourth-order valence-electron chi connectivity index (χ4n) is 5.14. The van der Waals surface area contributed by atoms with E-state index >= 15 is 4.39 Å². The summed E-state index contributed by atoms with van der Waals surface area (Å²) in [6.45, 7) is 4.83. The minimum atomic E-state index is -1.00. The largest absolute Gasteiger partial charge is 0.491 e. The molecule has 0 radical (unpaired) electrons. The summed E-state index contributed by atoms with van der Waals surface area (Å²) < 4.78 is 55.2. The van der Waals surface area contributed by atoms with Crippen LogP contribution in [0.1, 0.15) is 76.7 Å². The van der Waals surface area contributed by atoms with Crippen molar-refractivity contribution in [1.29, 1.82) is 0 Å². The van der Waals surface area contributed by atoms with Crippen LogP contribution in [0.2, 0.25) is 0 Å². The normalized spacial score (nSPS) is 17.6. The van der Waals surface area contributed by atoms with Crippen LogP contribution in [0.3, 0.4) is 0 Å². The minimum Gasteiger partial charge on any atom is -0.491 e. The zero-order valence-corrected chi connectivity index (χ0v) is 21.9. The van der Waals surface area contributed by atoms with Crippen LogP contribution in [-0.4, -0.2) is 19.3 Å². The first-order valence-electron chi connectivity index (χ1n) is 13.6. The maximum atomic E-state index is 15.1. The van der Waals surface area contributed by atoms with Gasteiger partial charge in [-0.15, -0.1) is 0 Å². The van der Waals surface area contributed by atoms with Crippen LogP contribution in [0.4, 0.5) is 13.2 Å². The van der Waals surface area contributed by atoms with Crippen molar-refractivity contribution in [2.75, 3.05) is 13.2 Å². The maximum Gasteiger partial charge on any atom is 0.201 e. The van der Waals surface area contributed by atoms with E-state index in [0.717, 1.165) is 24.8 Å². The molecule has 3 aromatic rings. The topological polar surface area (TPSA) is 18.5 Å². The molecular weight excluding hydrogens is 473 g/mol. The Hall–Kier alpha value is -2.79.